The first-order valence-electron chi connectivity index (χ1n) is 3.14. The quantitative estimate of drug-likeness (QED) is 0.659. The summed E-state index contributed by atoms with van der Waals surface area (Å²) in [4.78, 5) is 0. The van der Waals surface area contributed by atoms with Crippen LogP contribution < -0.4 is 8.92 Å². The van der Waals surface area contributed by atoms with E-state index in [1.807, 2.05) is 0 Å². The molecular weight excluding hydrogens is 180 g/mol. The largest absolute Gasteiger partial charge is 0.740 e. The molecule has 5 heteroatoms. The first-order chi connectivity index (χ1) is 5.72. The molecule has 0 spiro atoms. The lowest BCUT2D eigenvalue weighted by atomic mass is 10.3. The van der Waals surface area contributed by atoms with Crippen LogP contribution in [-0.4, -0.2) is 15.9 Å². The predicted octanol–water partition coefficient (Wildman–Crippen LogP) is 0.868. The highest BCUT2D eigenvalue weighted by molar-refractivity contribution is 7.74. The molecule has 0 aromatic heterocycles. The number of methoxy groups -OCH3 is 1. The van der Waals surface area contributed by atoms with Crippen molar-refractivity contribution in [2.75, 3.05) is 7.11 Å². The average Bonchev–Trinajstić information content (AvgIpc) is 2.05. The van der Waals surface area contributed by atoms with Crippen LogP contribution in [0.25, 0.3) is 0 Å². The molecule has 0 amide bonds. The normalized spacial score (nSPS) is 12.2. The Morgan fingerprint density at radius 1 is 1.25 bits per heavy atom. The molecule has 0 saturated heterocycles. The lowest BCUT2D eigenvalue weighted by molar-refractivity contribution is 0.412. The minimum absolute atomic E-state index is 0.268. The van der Waals surface area contributed by atoms with Crippen molar-refractivity contribution in [3.8, 4) is 11.5 Å². The molecular formula is C7H7O4S-. The molecule has 0 saturated carbocycles. The van der Waals surface area contributed by atoms with Gasteiger partial charge in [0, 0.05) is 0 Å². The lowest BCUT2D eigenvalue weighted by Crippen LogP contribution is -1.97. The zero-order chi connectivity index (χ0) is 8.97. The average molecular weight is 187 g/mol. The SMILES string of the molecule is COc1ccc(OS(=O)[O-])cc1. The van der Waals surface area contributed by atoms with Gasteiger partial charge in [-0.25, -0.2) is 4.21 Å². The van der Waals surface area contributed by atoms with Crippen LogP contribution >= 0.6 is 0 Å². The van der Waals surface area contributed by atoms with E-state index in [1.165, 1.54) is 19.2 Å². The number of hydrogen-bond donors (Lipinski definition) is 0. The Balaban J connectivity index is 2.71. The number of hydrogen-bond acceptors (Lipinski definition) is 4. The van der Waals surface area contributed by atoms with E-state index in [0.717, 1.165) is 0 Å². The van der Waals surface area contributed by atoms with Crippen molar-refractivity contribution in [1.29, 1.82) is 0 Å². The van der Waals surface area contributed by atoms with Crippen LogP contribution in [0.1, 0.15) is 0 Å². The molecule has 0 aliphatic heterocycles. The molecule has 1 atom stereocenters. The molecule has 0 aliphatic rings. The molecule has 1 aromatic rings. The van der Waals surface area contributed by atoms with E-state index in [9.17, 15) is 8.76 Å². The highest BCUT2D eigenvalue weighted by Gasteiger charge is 1.93. The molecule has 0 heterocycles. The first kappa shape index (κ1) is 9.02. The zero-order valence-electron chi connectivity index (χ0n) is 6.35. The van der Waals surface area contributed by atoms with E-state index in [1.54, 1.807) is 12.1 Å². The lowest BCUT2D eigenvalue weighted by Gasteiger charge is -2.06. The fraction of sp³-hybridized carbons (Fsp3) is 0.143. The van der Waals surface area contributed by atoms with Gasteiger partial charge < -0.3 is 13.5 Å². The van der Waals surface area contributed by atoms with Crippen molar-refractivity contribution in [2.24, 2.45) is 0 Å². The van der Waals surface area contributed by atoms with Crippen LogP contribution in [0, 0.1) is 0 Å². The van der Waals surface area contributed by atoms with Crippen molar-refractivity contribution in [2.45, 2.75) is 0 Å². The predicted molar refractivity (Wildman–Crippen MR) is 42.5 cm³/mol. The smallest absolute Gasteiger partial charge is 0.139 e. The maximum absolute atomic E-state index is 10.1. The molecule has 0 bridgehead atoms. The van der Waals surface area contributed by atoms with Gasteiger partial charge in [0.15, 0.2) is 0 Å². The Bertz CT molecular complexity index is 269. The molecule has 1 aromatic carbocycles. The second-order valence-corrected chi connectivity index (χ2v) is 2.54. The Kier molecular flexibility index (Phi) is 3.07. The highest BCUT2D eigenvalue weighted by atomic mass is 32.2. The van der Waals surface area contributed by atoms with Gasteiger partial charge in [0.1, 0.15) is 22.9 Å². The van der Waals surface area contributed by atoms with Gasteiger partial charge in [-0.15, -0.1) is 0 Å². The van der Waals surface area contributed by atoms with Gasteiger partial charge >= 0.3 is 0 Å². The van der Waals surface area contributed by atoms with Gasteiger partial charge in [0.05, 0.1) is 7.11 Å². The van der Waals surface area contributed by atoms with E-state index >= 15 is 0 Å². The van der Waals surface area contributed by atoms with E-state index in [2.05, 4.69) is 4.18 Å². The molecule has 0 radical (unpaired) electrons. The summed E-state index contributed by atoms with van der Waals surface area (Å²) in [6.45, 7) is 0. The van der Waals surface area contributed by atoms with Crippen molar-refractivity contribution in [3.05, 3.63) is 24.3 Å². The molecule has 0 fully saturated rings. The summed E-state index contributed by atoms with van der Waals surface area (Å²) in [5.41, 5.74) is 0. The summed E-state index contributed by atoms with van der Waals surface area (Å²) < 4.78 is 29.4. The molecule has 4 nitrogen and oxygen atoms in total. The fourth-order valence-electron chi connectivity index (χ4n) is 0.710. The summed E-state index contributed by atoms with van der Waals surface area (Å²) in [6, 6.07) is 6.24. The van der Waals surface area contributed by atoms with Crippen molar-refractivity contribution in [3.63, 3.8) is 0 Å². The maximum Gasteiger partial charge on any atom is 0.139 e. The topological polar surface area (TPSA) is 58.6 Å². The minimum atomic E-state index is -2.52. The van der Waals surface area contributed by atoms with Crippen molar-refractivity contribution < 1.29 is 17.7 Å². The number of rotatable bonds is 3. The Hall–Kier alpha value is -1.07. The van der Waals surface area contributed by atoms with Crippen molar-refractivity contribution in [1.82, 2.24) is 0 Å². The number of benzene rings is 1. The van der Waals surface area contributed by atoms with E-state index < -0.39 is 11.4 Å². The highest BCUT2D eigenvalue weighted by Crippen LogP contribution is 2.17. The Labute approximate surface area is 72.6 Å². The monoisotopic (exact) mass is 187 g/mol. The molecule has 0 N–H and O–H groups in total. The van der Waals surface area contributed by atoms with Crippen LogP contribution in [0.5, 0.6) is 11.5 Å². The third-order valence-electron chi connectivity index (χ3n) is 1.22. The fourth-order valence-corrected chi connectivity index (χ4v) is 0.978. The Morgan fingerprint density at radius 3 is 2.17 bits per heavy atom. The van der Waals surface area contributed by atoms with Gasteiger partial charge in [-0.1, -0.05) is 0 Å². The number of ether oxygens (including phenoxy) is 1. The molecule has 1 unspecified atom stereocenters. The third kappa shape index (κ3) is 2.52. The van der Waals surface area contributed by atoms with Gasteiger partial charge in [-0.3, -0.25) is 0 Å². The molecule has 12 heavy (non-hydrogen) atoms. The molecule has 1 rings (SSSR count). The Morgan fingerprint density at radius 2 is 1.75 bits per heavy atom. The van der Waals surface area contributed by atoms with Gasteiger partial charge in [-0.2, -0.15) is 0 Å². The maximum atomic E-state index is 10.1. The summed E-state index contributed by atoms with van der Waals surface area (Å²) in [5, 5.41) is 0. The van der Waals surface area contributed by atoms with Crippen LogP contribution in [0.15, 0.2) is 24.3 Å². The second kappa shape index (κ2) is 4.08. The molecule has 0 aliphatic carbocycles. The van der Waals surface area contributed by atoms with E-state index in [-0.39, 0.29) is 5.75 Å². The first-order valence-corrected chi connectivity index (χ1v) is 4.14. The summed E-state index contributed by atoms with van der Waals surface area (Å²) >= 11 is -2.52. The zero-order valence-corrected chi connectivity index (χ0v) is 7.17. The van der Waals surface area contributed by atoms with E-state index in [0.29, 0.717) is 5.75 Å². The van der Waals surface area contributed by atoms with Crippen LogP contribution in [0.3, 0.4) is 0 Å². The minimum Gasteiger partial charge on any atom is -0.740 e. The van der Waals surface area contributed by atoms with Gasteiger partial charge in [0.25, 0.3) is 0 Å². The molecule has 66 valence electrons. The van der Waals surface area contributed by atoms with Crippen LogP contribution in [0.4, 0.5) is 0 Å². The third-order valence-corrected chi connectivity index (χ3v) is 1.55. The summed E-state index contributed by atoms with van der Waals surface area (Å²) in [7, 11) is 1.53. The van der Waals surface area contributed by atoms with Crippen LogP contribution in [-0.2, 0) is 11.4 Å². The van der Waals surface area contributed by atoms with Gasteiger partial charge in [0.2, 0.25) is 0 Å². The van der Waals surface area contributed by atoms with Gasteiger partial charge in [-0.05, 0) is 24.3 Å². The second-order valence-electron chi connectivity index (χ2n) is 1.96. The van der Waals surface area contributed by atoms with Crippen LogP contribution in [0.2, 0.25) is 0 Å². The standard InChI is InChI=1S/C7H8O4S/c1-10-6-2-4-7(5-3-6)11-12(8)9/h2-5H,1H3,(H,8,9)/p-1. The summed E-state index contributed by atoms with van der Waals surface area (Å²) in [5.74, 6) is 0.920. The van der Waals surface area contributed by atoms with E-state index in [4.69, 9.17) is 4.74 Å². The van der Waals surface area contributed by atoms with Crippen molar-refractivity contribution >= 4 is 11.4 Å². The summed E-state index contributed by atoms with van der Waals surface area (Å²) in [6.07, 6.45) is 0.